The van der Waals surface area contributed by atoms with E-state index in [0.29, 0.717) is 17.3 Å². The number of hydrogen-bond acceptors (Lipinski definition) is 5. The second-order valence-electron chi connectivity index (χ2n) is 7.79. The van der Waals surface area contributed by atoms with E-state index in [2.05, 4.69) is 15.5 Å². The van der Waals surface area contributed by atoms with Gasteiger partial charge in [-0.2, -0.15) is 9.40 Å². The molecule has 8 nitrogen and oxygen atoms in total. The molecule has 1 amide bonds. The quantitative estimate of drug-likeness (QED) is 0.512. The van der Waals surface area contributed by atoms with Crippen LogP contribution in [0.2, 0.25) is 0 Å². The number of anilines is 2. The Balaban J connectivity index is 1.67. The summed E-state index contributed by atoms with van der Waals surface area (Å²) in [6.45, 7) is 2.97. The van der Waals surface area contributed by atoms with Crippen molar-refractivity contribution in [3.63, 3.8) is 0 Å². The highest BCUT2D eigenvalue weighted by Crippen LogP contribution is 2.43. The van der Waals surface area contributed by atoms with Crippen molar-refractivity contribution in [2.75, 3.05) is 11.1 Å². The lowest BCUT2D eigenvalue weighted by Crippen LogP contribution is -2.40. The van der Waals surface area contributed by atoms with Crippen molar-refractivity contribution in [1.29, 1.82) is 0 Å². The molecule has 2 aromatic carbocycles. The number of hydrogen-bond donors (Lipinski definition) is 3. The summed E-state index contributed by atoms with van der Waals surface area (Å²) in [5.41, 5.74) is 5.25. The monoisotopic (exact) mass is 465 g/mol. The van der Waals surface area contributed by atoms with Gasteiger partial charge >= 0.3 is 0 Å². The summed E-state index contributed by atoms with van der Waals surface area (Å²) in [4.78, 5) is 12.1. The molecule has 0 bridgehead atoms. The van der Waals surface area contributed by atoms with Crippen LogP contribution in [0.5, 0.6) is 0 Å². The van der Waals surface area contributed by atoms with Gasteiger partial charge in [-0.1, -0.05) is 0 Å². The molecule has 4 N–H and O–H groups in total. The van der Waals surface area contributed by atoms with Crippen LogP contribution in [0.25, 0.3) is 0 Å². The average Bonchev–Trinajstić information content (AvgIpc) is 3.19. The number of nitrogen functional groups attached to an aromatic ring is 1. The highest BCUT2D eigenvalue weighted by molar-refractivity contribution is 7.89. The van der Waals surface area contributed by atoms with Crippen molar-refractivity contribution in [3.05, 3.63) is 70.7 Å². The number of benzene rings is 2. The third kappa shape index (κ3) is 3.50. The molecule has 0 unspecified atom stereocenters. The number of carbonyl (C=O) groups excluding carboxylic acids is 1. The number of nitrogens with one attached hydrogen (secondary N) is 2. The minimum Gasteiger partial charge on any atom is -0.398 e. The number of sulfonamides is 1. The van der Waals surface area contributed by atoms with Gasteiger partial charge in [0.25, 0.3) is 5.91 Å². The lowest BCUT2D eigenvalue weighted by molar-refractivity contribution is 0.102. The number of rotatable bonds is 4. The molecule has 0 radical (unpaired) electrons. The molecule has 12 heteroatoms. The predicted octanol–water partition coefficient (Wildman–Crippen LogP) is 3.10. The number of aromatic amines is 1. The lowest BCUT2D eigenvalue weighted by Gasteiger charge is -2.30. The summed E-state index contributed by atoms with van der Waals surface area (Å²) in [5, 5.41) is 9.31. The molecule has 1 aliphatic rings. The highest BCUT2D eigenvalue weighted by Gasteiger charge is 2.48. The summed E-state index contributed by atoms with van der Waals surface area (Å²) >= 11 is 0. The lowest BCUT2D eigenvalue weighted by atomic mass is 10.0. The van der Waals surface area contributed by atoms with Gasteiger partial charge in [0.15, 0.2) is 5.82 Å². The van der Waals surface area contributed by atoms with E-state index in [1.165, 1.54) is 6.07 Å². The van der Waals surface area contributed by atoms with Crippen LogP contribution < -0.4 is 11.1 Å². The molecule has 1 aromatic heterocycles. The van der Waals surface area contributed by atoms with Crippen molar-refractivity contribution in [2.45, 2.75) is 30.8 Å². The molecule has 0 spiro atoms. The summed E-state index contributed by atoms with van der Waals surface area (Å²) in [6, 6.07) is 5.34. The van der Waals surface area contributed by atoms with Crippen LogP contribution in [-0.4, -0.2) is 28.8 Å². The largest absolute Gasteiger partial charge is 0.398 e. The van der Waals surface area contributed by atoms with Crippen LogP contribution in [0.4, 0.5) is 24.7 Å². The molecule has 2 heterocycles. The topological polar surface area (TPSA) is 121 Å². The van der Waals surface area contributed by atoms with Gasteiger partial charge in [-0.25, -0.2) is 21.6 Å². The molecular weight excluding hydrogens is 447 g/mol. The van der Waals surface area contributed by atoms with E-state index in [0.717, 1.165) is 28.6 Å². The van der Waals surface area contributed by atoms with Crippen molar-refractivity contribution >= 4 is 27.4 Å². The Morgan fingerprint density at radius 3 is 2.41 bits per heavy atom. The molecule has 1 aliphatic heterocycles. The van der Waals surface area contributed by atoms with Gasteiger partial charge in [-0.05, 0) is 44.2 Å². The first-order valence-corrected chi connectivity index (χ1v) is 10.8. The number of amides is 1. The van der Waals surface area contributed by atoms with E-state index in [9.17, 15) is 26.4 Å². The molecule has 0 fully saturated rings. The molecular formula is C20H18F3N5O3S. The third-order valence-electron chi connectivity index (χ3n) is 5.32. The number of nitrogens with two attached hydrogens (primary N) is 1. The second kappa shape index (κ2) is 7.35. The van der Waals surface area contributed by atoms with E-state index in [4.69, 9.17) is 5.73 Å². The standard InChI is InChI=1S/C20H18F3N5O3S/c1-20(2)17-15(9-28(20)32(30,31)13-6-11(22)5-12(23)7-13)18(27-26-17)25-19(29)14-4-3-10(21)8-16(14)24/h3-8H,9,24H2,1-2H3,(H2,25,26,27,29). The smallest absolute Gasteiger partial charge is 0.258 e. The number of fused-ring (bicyclic) bond motifs is 1. The summed E-state index contributed by atoms with van der Waals surface area (Å²) in [6.07, 6.45) is 0. The molecule has 3 aromatic rings. The van der Waals surface area contributed by atoms with E-state index in [1.807, 2.05) is 0 Å². The molecule has 4 rings (SSSR count). The van der Waals surface area contributed by atoms with Crippen LogP contribution in [0.3, 0.4) is 0 Å². The zero-order valence-corrected chi connectivity index (χ0v) is 17.7. The van der Waals surface area contributed by atoms with Crippen LogP contribution >= 0.6 is 0 Å². The Morgan fingerprint density at radius 1 is 1.12 bits per heavy atom. The molecule has 0 aliphatic carbocycles. The van der Waals surface area contributed by atoms with Gasteiger partial charge < -0.3 is 11.1 Å². The van der Waals surface area contributed by atoms with E-state index < -0.39 is 43.8 Å². The Bertz CT molecular complexity index is 1330. The van der Waals surface area contributed by atoms with Crippen molar-refractivity contribution in [3.8, 4) is 0 Å². The van der Waals surface area contributed by atoms with Gasteiger partial charge in [0.05, 0.1) is 21.7 Å². The van der Waals surface area contributed by atoms with Crippen molar-refractivity contribution in [2.24, 2.45) is 0 Å². The molecule has 0 saturated heterocycles. The predicted molar refractivity (Wildman–Crippen MR) is 109 cm³/mol. The van der Waals surface area contributed by atoms with E-state index >= 15 is 0 Å². The van der Waals surface area contributed by atoms with E-state index in [1.54, 1.807) is 13.8 Å². The maximum atomic E-state index is 13.6. The maximum Gasteiger partial charge on any atom is 0.258 e. The normalized spacial score (nSPS) is 15.5. The Labute approximate surface area is 181 Å². The minimum absolute atomic E-state index is 0.0140. The van der Waals surface area contributed by atoms with E-state index in [-0.39, 0.29) is 23.6 Å². The molecule has 0 saturated carbocycles. The van der Waals surface area contributed by atoms with Crippen molar-refractivity contribution < 1.29 is 26.4 Å². The zero-order chi connectivity index (χ0) is 23.4. The van der Waals surface area contributed by atoms with Gasteiger partial charge in [0.2, 0.25) is 10.0 Å². The highest BCUT2D eigenvalue weighted by atomic mass is 32.2. The van der Waals surface area contributed by atoms with Crippen molar-refractivity contribution in [1.82, 2.24) is 14.5 Å². The fourth-order valence-electron chi connectivity index (χ4n) is 3.70. The average molecular weight is 465 g/mol. The fourth-order valence-corrected chi connectivity index (χ4v) is 5.47. The second-order valence-corrected chi connectivity index (χ2v) is 9.65. The SMILES string of the molecule is CC1(C)c2[nH]nc(NC(=O)c3ccc(F)cc3N)c2CN1S(=O)(=O)c1cc(F)cc(F)c1. The van der Waals surface area contributed by atoms with Gasteiger partial charge in [-0.15, -0.1) is 0 Å². The number of halogens is 3. The summed E-state index contributed by atoms with van der Waals surface area (Å²) in [7, 11) is -4.31. The first-order valence-electron chi connectivity index (χ1n) is 9.34. The number of nitrogens with zero attached hydrogens (tertiary/aromatic N) is 2. The molecule has 168 valence electrons. The number of H-pyrrole nitrogens is 1. The minimum atomic E-state index is -4.31. The van der Waals surface area contributed by atoms with Crippen LogP contribution in [0, 0.1) is 17.5 Å². The summed E-state index contributed by atoms with van der Waals surface area (Å²) in [5.74, 6) is -3.25. The fraction of sp³-hybridized carbons (Fsp3) is 0.200. The van der Waals surface area contributed by atoms with Crippen LogP contribution in [0.1, 0.15) is 35.5 Å². The summed E-state index contributed by atoms with van der Waals surface area (Å²) < 4.78 is 68.0. The first kappa shape index (κ1) is 21.8. The Hall–Kier alpha value is -3.38. The van der Waals surface area contributed by atoms with Gasteiger partial charge in [0.1, 0.15) is 17.5 Å². The zero-order valence-electron chi connectivity index (χ0n) is 16.9. The van der Waals surface area contributed by atoms with Gasteiger partial charge in [0, 0.05) is 23.9 Å². The third-order valence-corrected chi connectivity index (χ3v) is 7.32. The van der Waals surface area contributed by atoms with Crippen LogP contribution in [0.15, 0.2) is 41.3 Å². The number of carbonyl (C=O) groups is 1. The first-order chi connectivity index (χ1) is 14.9. The molecule has 32 heavy (non-hydrogen) atoms. The van der Waals surface area contributed by atoms with Crippen LogP contribution in [-0.2, 0) is 22.1 Å². The molecule has 0 atom stereocenters. The van der Waals surface area contributed by atoms with Gasteiger partial charge in [-0.3, -0.25) is 9.89 Å². The number of aromatic nitrogens is 2. The Kier molecular flexibility index (Phi) is 5.01. The Morgan fingerprint density at radius 2 is 1.78 bits per heavy atom. The maximum absolute atomic E-state index is 13.6.